The highest BCUT2D eigenvalue weighted by atomic mass is 35.5. The Morgan fingerprint density at radius 3 is 2.63 bits per heavy atom. The minimum absolute atomic E-state index is 0.0257. The lowest BCUT2D eigenvalue weighted by Gasteiger charge is -2.48. The summed E-state index contributed by atoms with van der Waals surface area (Å²) in [5.41, 5.74) is 4.21. The van der Waals surface area contributed by atoms with Gasteiger partial charge in [-0.05, 0) is 109 Å². The van der Waals surface area contributed by atoms with Crippen LogP contribution in [0, 0.1) is 11.8 Å². The number of benzene rings is 2. The van der Waals surface area contributed by atoms with E-state index in [1.54, 1.807) is 4.90 Å². The molecule has 2 aliphatic carbocycles. The summed E-state index contributed by atoms with van der Waals surface area (Å²) in [5, 5.41) is 0.870. The summed E-state index contributed by atoms with van der Waals surface area (Å²) >= 11 is 6.50. The molecule has 2 aromatic rings. The zero-order valence-electron chi connectivity index (χ0n) is 30.5. The van der Waals surface area contributed by atoms with Crippen LogP contribution in [0.2, 0.25) is 23.2 Å². The Balaban J connectivity index is 1.44. The van der Waals surface area contributed by atoms with Crippen molar-refractivity contribution in [3.63, 3.8) is 0 Å². The highest BCUT2D eigenvalue weighted by Gasteiger charge is 2.47. The second-order valence-electron chi connectivity index (χ2n) is 16.5. The molecule has 4 aliphatic rings. The first kappa shape index (κ1) is 36.0. The molecule has 0 aromatic heterocycles. The van der Waals surface area contributed by atoms with Gasteiger partial charge in [0.2, 0.25) is 5.91 Å². The molecule has 49 heavy (non-hydrogen) atoms. The number of carbonyl (C=O) groups is 2. The van der Waals surface area contributed by atoms with Crippen molar-refractivity contribution >= 4 is 37.5 Å². The van der Waals surface area contributed by atoms with Crippen LogP contribution in [0.3, 0.4) is 0 Å². The third-order valence-electron chi connectivity index (χ3n) is 12.3. The molecule has 6 rings (SSSR count). The Morgan fingerprint density at radius 2 is 1.92 bits per heavy atom. The van der Waals surface area contributed by atoms with E-state index in [1.165, 1.54) is 18.2 Å². The molecule has 2 aliphatic heterocycles. The van der Waals surface area contributed by atoms with Gasteiger partial charge in [-0.1, -0.05) is 56.7 Å². The summed E-state index contributed by atoms with van der Waals surface area (Å²) in [6, 6.07) is 12.4. The summed E-state index contributed by atoms with van der Waals surface area (Å²) in [6.45, 7) is 14.4. The number of ether oxygens (including phenoxy) is 2. The quantitative estimate of drug-likeness (QED) is 0.182. The molecule has 0 saturated heterocycles. The highest BCUT2D eigenvalue weighted by molar-refractivity contribution is 6.74. The minimum atomic E-state index is -2.06. The Labute approximate surface area is 299 Å². The van der Waals surface area contributed by atoms with E-state index in [-0.39, 0.29) is 28.9 Å². The zero-order chi connectivity index (χ0) is 35.1. The van der Waals surface area contributed by atoms with Gasteiger partial charge < -0.3 is 23.7 Å². The fourth-order valence-corrected chi connectivity index (χ4v) is 9.59. The number of rotatable bonds is 3. The van der Waals surface area contributed by atoms with Gasteiger partial charge in [-0.15, -0.1) is 0 Å². The number of fused-ring (bicyclic) bond motifs is 4. The van der Waals surface area contributed by atoms with Crippen LogP contribution in [0.5, 0.6) is 5.75 Å². The number of amides is 1. The van der Waals surface area contributed by atoms with E-state index in [0.717, 1.165) is 73.6 Å². The molecule has 0 radical (unpaired) electrons. The van der Waals surface area contributed by atoms with Crippen LogP contribution in [0.15, 0.2) is 48.6 Å². The number of hydrogen-bond donors (Lipinski definition) is 0. The molecule has 5 atom stereocenters. The summed E-state index contributed by atoms with van der Waals surface area (Å²) in [4.78, 5) is 31.0. The van der Waals surface area contributed by atoms with Crippen LogP contribution in [-0.2, 0) is 30.6 Å². The first-order valence-corrected chi connectivity index (χ1v) is 21.5. The summed E-state index contributed by atoms with van der Waals surface area (Å²) in [7, 11) is 1.16. The van der Waals surface area contributed by atoms with Gasteiger partial charge in [-0.3, -0.25) is 9.59 Å². The van der Waals surface area contributed by atoms with Crippen LogP contribution in [0.1, 0.15) is 81.9 Å². The molecule has 2 bridgehead atoms. The Kier molecular flexibility index (Phi) is 10.3. The lowest BCUT2D eigenvalue weighted by Crippen LogP contribution is -2.52. The molecule has 2 unspecified atom stereocenters. The molecule has 1 spiro atoms. The molecular formula is C40H55ClN2O5Si. The first-order chi connectivity index (χ1) is 23.2. The fourth-order valence-electron chi connectivity index (χ4n) is 8.10. The molecule has 1 fully saturated rings. The van der Waals surface area contributed by atoms with E-state index < -0.39 is 20.2 Å². The van der Waals surface area contributed by atoms with Crippen molar-refractivity contribution in [1.82, 2.24) is 4.90 Å². The van der Waals surface area contributed by atoms with Crippen molar-refractivity contribution in [1.29, 1.82) is 0 Å². The normalized spacial score (nSPS) is 28.4. The monoisotopic (exact) mass is 706 g/mol. The number of methoxy groups -OCH3 is 1. The maximum Gasteiger partial charge on any atom is 0.313 e. The van der Waals surface area contributed by atoms with Gasteiger partial charge in [0.15, 0.2) is 8.32 Å². The highest BCUT2D eigenvalue weighted by Crippen LogP contribution is 2.48. The molecule has 0 N–H and O–H groups in total. The van der Waals surface area contributed by atoms with Crippen LogP contribution >= 0.6 is 11.6 Å². The van der Waals surface area contributed by atoms with E-state index in [2.05, 4.69) is 69.1 Å². The average Bonchev–Trinajstić information content (AvgIpc) is 3.18. The van der Waals surface area contributed by atoms with Crippen LogP contribution in [-0.4, -0.2) is 71.6 Å². The first-order valence-electron chi connectivity index (χ1n) is 18.2. The smallest absolute Gasteiger partial charge is 0.313 e. The molecule has 2 aromatic carbocycles. The lowest BCUT2D eigenvalue weighted by atomic mass is 9.68. The number of halogens is 1. The number of aryl methyl sites for hydroxylation is 1. The molecule has 1 saturated carbocycles. The molecule has 9 heteroatoms. The van der Waals surface area contributed by atoms with Gasteiger partial charge in [-0.2, -0.15) is 0 Å². The van der Waals surface area contributed by atoms with E-state index >= 15 is 0 Å². The standard InChI is InChI=1S/C40H55ClN2O5Si/c1-39(2,3)49(6,7)48-35-12-8-9-20-42(4)37(44)23-32(38(45)46-5)27-14-18-36-34(22-27)43(24-29-13-16-31(29)35)25-40(26-47-36)19-10-11-28-21-30(41)15-17-33(28)40/h8,12,14-15,17-18,21-22,29,31-32,35H,9-11,13,16,19-20,23-26H2,1-7H3/b12-8+/t29-,31+,32?,35?,40-/m0/s1. The lowest BCUT2D eigenvalue weighted by molar-refractivity contribution is -0.145. The predicted octanol–water partition coefficient (Wildman–Crippen LogP) is 8.29. The third-order valence-corrected chi connectivity index (χ3v) is 17.0. The van der Waals surface area contributed by atoms with Gasteiger partial charge >= 0.3 is 5.97 Å². The summed E-state index contributed by atoms with van der Waals surface area (Å²) in [6.07, 6.45) is 10.7. The van der Waals surface area contributed by atoms with Gasteiger partial charge in [0, 0.05) is 43.5 Å². The molecular weight excluding hydrogens is 652 g/mol. The Bertz CT molecular complexity index is 1590. The van der Waals surface area contributed by atoms with Crippen molar-refractivity contribution in [2.24, 2.45) is 11.8 Å². The van der Waals surface area contributed by atoms with E-state index in [1.807, 2.05) is 25.2 Å². The Morgan fingerprint density at radius 1 is 1.12 bits per heavy atom. The van der Waals surface area contributed by atoms with Crippen molar-refractivity contribution < 1.29 is 23.5 Å². The van der Waals surface area contributed by atoms with Crippen molar-refractivity contribution in [2.75, 3.05) is 45.3 Å². The number of hydrogen-bond acceptors (Lipinski definition) is 6. The van der Waals surface area contributed by atoms with Crippen molar-refractivity contribution in [3.05, 3.63) is 70.3 Å². The Hall–Kier alpha value is -2.81. The summed E-state index contributed by atoms with van der Waals surface area (Å²) < 4.78 is 19.2. The van der Waals surface area contributed by atoms with Gasteiger partial charge in [0.05, 0.1) is 31.4 Å². The van der Waals surface area contributed by atoms with Gasteiger partial charge in [0.25, 0.3) is 0 Å². The maximum absolute atomic E-state index is 13.5. The van der Waals surface area contributed by atoms with E-state index in [9.17, 15) is 9.59 Å². The number of nitrogens with zero attached hydrogens (tertiary/aromatic N) is 2. The molecule has 1 amide bonds. The van der Waals surface area contributed by atoms with E-state index in [4.69, 9.17) is 25.5 Å². The van der Waals surface area contributed by atoms with Crippen molar-refractivity contribution in [3.8, 4) is 5.75 Å². The predicted molar refractivity (Wildman–Crippen MR) is 199 cm³/mol. The summed E-state index contributed by atoms with van der Waals surface area (Å²) in [5.74, 6) is 0.466. The van der Waals surface area contributed by atoms with E-state index in [0.29, 0.717) is 25.0 Å². The SMILES string of the molecule is COC(=O)C1CC(=O)N(C)CC/C=C/C(O[Si](C)(C)C(C)(C)C)[C@@H]2CC[C@H]2CN2C[C@@]3(CCCc4cc(Cl)ccc43)COc3ccc1cc32. The molecule has 2 heterocycles. The van der Waals surface area contributed by atoms with Gasteiger partial charge in [0.1, 0.15) is 5.75 Å². The van der Waals surface area contributed by atoms with Crippen LogP contribution in [0.25, 0.3) is 0 Å². The second-order valence-corrected chi connectivity index (χ2v) is 21.7. The number of carbonyl (C=O) groups excluding carboxylic acids is 2. The van der Waals surface area contributed by atoms with Gasteiger partial charge in [-0.25, -0.2) is 0 Å². The molecule has 7 nitrogen and oxygen atoms in total. The van der Waals surface area contributed by atoms with Crippen LogP contribution in [0.4, 0.5) is 5.69 Å². The number of anilines is 1. The second kappa shape index (κ2) is 14.1. The maximum atomic E-state index is 13.5. The topological polar surface area (TPSA) is 68.3 Å². The van der Waals surface area contributed by atoms with Crippen molar-refractivity contribution in [2.45, 2.75) is 101 Å². The zero-order valence-corrected chi connectivity index (χ0v) is 32.3. The fraction of sp³-hybridized carbons (Fsp3) is 0.600. The minimum Gasteiger partial charge on any atom is -0.490 e. The largest absolute Gasteiger partial charge is 0.490 e. The third kappa shape index (κ3) is 7.34. The molecule has 266 valence electrons. The average molecular weight is 707 g/mol. The van der Waals surface area contributed by atoms with Crippen LogP contribution < -0.4 is 9.64 Å². The number of esters is 1.